The van der Waals surface area contributed by atoms with Crippen LogP contribution in [0.2, 0.25) is 0 Å². The van der Waals surface area contributed by atoms with Gasteiger partial charge in [0.25, 0.3) is 10.2 Å². The zero-order valence-corrected chi connectivity index (χ0v) is 11.0. The number of aliphatic hydroxyl groups is 1. The third-order valence-electron chi connectivity index (χ3n) is 2.77. The Morgan fingerprint density at radius 2 is 1.88 bits per heavy atom. The summed E-state index contributed by atoms with van der Waals surface area (Å²) in [6, 6.07) is 0. The fraction of sp³-hybridized carbons (Fsp3) is 1.00. The predicted octanol–water partition coefficient (Wildman–Crippen LogP) is 0.324. The van der Waals surface area contributed by atoms with Crippen LogP contribution in [0.1, 0.15) is 33.6 Å². The van der Waals surface area contributed by atoms with E-state index in [1.54, 1.807) is 13.8 Å². The SMILES string of the molecule is CC1CCN(S(=O)(=O)NCC(C)(C)O)CC1. The molecule has 0 saturated carbocycles. The molecule has 0 aromatic heterocycles. The zero-order valence-electron chi connectivity index (χ0n) is 10.2. The minimum Gasteiger partial charge on any atom is -0.389 e. The summed E-state index contributed by atoms with van der Waals surface area (Å²) >= 11 is 0. The fourth-order valence-corrected chi connectivity index (χ4v) is 2.99. The number of nitrogens with zero attached hydrogens (tertiary/aromatic N) is 1. The van der Waals surface area contributed by atoms with Crippen LogP contribution < -0.4 is 4.72 Å². The van der Waals surface area contributed by atoms with Crippen molar-refractivity contribution in [1.29, 1.82) is 0 Å². The van der Waals surface area contributed by atoms with Gasteiger partial charge in [-0.3, -0.25) is 0 Å². The highest BCUT2D eigenvalue weighted by Crippen LogP contribution is 2.18. The van der Waals surface area contributed by atoms with Crippen LogP contribution in [0.3, 0.4) is 0 Å². The van der Waals surface area contributed by atoms with E-state index in [4.69, 9.17) is 0 Å². The summed E-state index contributed by atoms with van der Waals surface area (Å²) in [6.45, 7) is 6.47. The van der Waals surface area contributed by atoms with Gasteiger partial charge in [-0.2, -0.15) is 17.4 Å². The highest BCUT2D eigenvalue weighted by Gasteiger charge is 2.27. The molecular formula is C10H22N2O3S. The van der Waals surface area contributed by atoms with E-state index in [0.29, 0.717) is 19.0 Å². The van der Waals surface area contributed by atoms with Crippen LogP contribution in [0, 0.1) is 5.92 Å². The summed E-state index contributed by atoms with van der Waals surface area (Å²) in [5.74, 6) is 0.598. The second-order valence-electron chi connectivity index (χ2n) is 5.22. The maximum Gasteiger partial charge on any atom is 0.279 e. The van der Waals surface area contributed by atoms with Crippen molar-refractivity contribution < 1.29 is 13.5 Å². The topological polar surface area (TPSA) is 69.6 Å². The van der Waals surface area contributed by atoms with Gasteiger partial charge in [-0.25, -0.2) is 0 Å². The molecule has 0 radical (unpaired) electrons. The fourth-order valence-electron chi connectivity index (χ4n) is 1.58. The molecule has 1 fully saturated rings. The van der Waals surface area contributed by atoms with Crippen LogP contribution in [-0.4, -0.2) is 43.1 Å². The third-order valence-corrected chi connectivity index (χ3v) is 4.32. The first-order valence-electron chi connectivity index (χ1n) is 5.68. The van der Waals surface area contributed by atoms with Crippen molar-refractivity contribution in [1.82, 2.24) is 9.03 Å². The van der Waals surface area contributed by atoms with Gasteiger partial charge < -0.3 is 5.11 Å². The van der Waals surface area contributed by atoms with Gasteiger partial charge in [0, 0.05) is 19.6 Å². The number of nitrogens with one attached hydrogen (secondary N) is 1. The summed E-state index contributed by atoms with van der Waals surface area (Å²) in [5, 5.41) is 9.48. The summed E-state index contributed by atoms with van der Waals surface area (Å²) < 4.78 is 27.6. The molecule has 0 atom stereocenters. The van der Waals surface area contributed by atoms with Crippen LogP contribution in [0.4, 0.5) is 0 Å². The van der Waals surface area contributed by atoms with E-state index in [9.17, 15) is 13.5 Å². The monoisotopic (exact) mass is 250 g/mol. The highest BCUT2D eigenvalue weighted by atomic mass is 32.2. The molecule has 5 nitrogen and oxygen atoms in total. The number of piperidine rings is 1. The van der Waals surface area contributed by atoms with Gasteiger partial charge in [0.2, 0.25) is 0 Å². The van der Waals surface area contributed by atoms with Crippen molar-refractivity contribution in [2.24, 2.45) is 5.92 Å². The largest absolute Gasteiger partial charge is 0.389 e. The lowest BCUT2D eigenvalue weighted by Gasteiger charge is -2.30. The Morgan fingerprint density at radius 3 is 2.31 bits per heavy atom. The van der Waals surface area contributed by atoms with E-state index < -0.39 is 15.8 Å². The molecule has 0 unspecified atom stereocenters. The molecular weight excluding hydrogens is 228 g/mol. The first-order valence-corrected chi connectivity index (χ1v) is 7.12. The Hall–Kier alpha value is -0.170. The maximum atomic E-state index is 11.8. The summed E-state index contributed by atoms with van der Waals surface area (Å²) in [6.07, 6.45) is 1.81. The molecule has 1 aliphatic heterocycles. The zero-order chi connectivity index (χ0) is 12.4. The van der Waals surface area contributed by atoms with E-state index in [0.717, 1.165) is 12.8 Å². The Kier molecular flexibility index (Phi) is 4.34. The summed E-state index contributed by atoms with van der Waals surface area (Å²) in [7, 11) is -3.42. The summed E-state index contributed by atoms with van der Waals surface area (Å²) in [4.78, 5) is 0. The highest BCUT2D eigenvalue weighted by molar-refractivity contribution is 7.87. The van der Waals surface area contributed by atoms with Crippen molar-refractivity contribution in [2.75, 3.05) is 19.6 Å². The van der Waals surface area contributed by atoms with Gasteiger partial charge in [-0.15, -0.1) is 0 Å². The number of hydrogen-bond acceptors (Lipinski definition) is 3. The maximum absolute atomic E-state index is 11.8. The molecule has 96 valence electrons. The van der Waals surface area contributed by atoms with Gasteiger partial charge in [0.05, 0.1) is 5.60 Å². The lowest BCUT2D eigenvalue weighted by Crippen LogP contribution is -2.48. The lowest BCUT2D eigenvalue weighted by atomic mass is 10.0. The van der Waals surface area contributed by atoms with Gasteiger partial charge in [-0.05, 0) is 32.6 Å². The molecule has 1 rings (SSSR count). The lowest BCUT2D eigenvalue weighted by molar-refractivity contribution is 0.0850. The molecule has 0 spiro atoms. The van der Waals surface area contributed by atoms with Crippen molar-refractivity contribution >= 4 is 10.2 Å². The van der Waals surface area contributed by atoms with E-state index in [1.165, 1.54) is 4.31 Å². The quantitative estimate of drug-likeness (QED) is 0.755. The normalized spacial score (nSPS) is 21.2. The standard InChI is InChI=1S/C10H22N2O3S/c1-9-4-6-12(7-5-9)16(14,15)11-8-10(2,3)13/h9,11,13H,4-8H2,1-3H3. The Balaban J connectivity index is 2.51. The van der Waals surface area contributed by atoms with Crippen molar-refractivity contribution in [3.63, 3.8) is 0 Å². The molecule has 1 heterocycles. The predicted molar refractivity (Wildman–Crippen MR) is 63.2 cm³/mol. The van der Waals surface area contributed by atoms with E-state index in [1.807, 2.05) is 0 Å². The Morgan fingerprint density at radius 1 is 1.38 bits per heavy atom. The second-order valence-corrected chi connectivity index (χ2v) is 6.98. The van der Waals surface area contributed by atoms with Crippen LogP contribution in [0.15, 0.2) is 0 Å². The molecule has 0 aromatic rings. The van der Waals surface area contributed by atoms with Crippen molar-refractivity contribution in [2.45, 2.75) is 39.2 Å². The summed E-state index contributed by atoms with van der Waals surface area (Å²) in [5.41, 5.74) is -1.02. The minimum atomic E-state index is -3.42. The average molecular weight is 250 g/mol. The molecule has 0 aliphatic carbocycles. The molecule has 0 bridgehead atoms. The minimum absolute atomic E-state index is 0.0430. The molecule has 1 aliphatic rings. The van der Waals surface area contributed by atoms with Crippen LogP contribution in [0.25, 0.3) is 0 Å². The molecule has 6 heteroatoms. The first-order chi connectivity index (χ1) is 7.21. The number of rotatable bonds is 4. The van der Waals surface area contributed by atoms with Gasteiger partial charge in [-0.1, -0.05) is 6.92 Å². The molecule has 2 N–H and O–H groups in total. The van der Waals surface area contributed by atoms with Gasteiger partial charge in [0.1, 0.15) is 0 Å². The van der Waals surface area contributed by atoms with Crippen LogP contribution >= 0.6 is 0 Å². The van der Waals surface area contributed by atoms with Gasteiger partial charge >= 0.3 is 0 Å². The Bertz CT molecular complexity index is 313. The van der Waals surface area contributed by atoms with Crippen LogP contribution in [0.5, 0.6) is 0 Å². The van der Waals surface area contributed by atoms with Crippen molar-refractivity contribution in [3.8, 4) is 0 Å². The molecule has 16 heavy (non-hydrogen) atoms. The molecule has 0 aromatic carbocycles. The van der Waals surface area contributed by atoms with E-state index in [-0.39, 0.29) is 6.54 Å². The smallest absolute Gasteiger partial charge is 0.279 e. The van der Waals surface area contributed by atoms with E-state index >= 15 is 0 Å². The molecule has 1 saturated heterocycles. The van der Waals surface area contributed by atoms with Crippen molar-refractivity contribution in [3.05, 3.63) is 0 Å². The number of hydrogen-bond donors (Lipinski definition) is 2. The van der Waals surface area contributed by atoms with Gasteiger partial charge in [0.15, 0.2) is 0 Å². The second kappa shape index (κ2) is 5.00. The first kappa shape index (κ1) is 13.9. The third kappa shape index (κ3) is 4.37. The average Bonchev–Trinajstić information content (AvgIpc) is 2.15. The molecule has 0 amide bonds. The van der Waals surface area contributed by atoms with E-state index in [2.05, 4.69) is 11.6 Å². The van der Waals surface area contributed by atoms with Crippen LogP contribution in [-0.2, 0) is 10.2 Å². The Labute approximate surface area is 98.0 Å².